The number of nitrogens with one attached hydrogen (secondary N) is 2. The van der Waals surface area contributed by atoms with E-state index in [9.17, 15) is 9.18 Å². The van der Waals surface area contributed by atoms with E-state index in [1.807, 2.05) is 0 Å². The molecule has 0 aliphatic heterocycles. The molecule has 3 rings (SSSR count). The molecule has 2 N–H and O–H groups in total. The summed E-state index contributed by atoms with van der Waals surface area (Å²) < 4.78 is 18.9. The predicted molar refractivity (Wildman–Crippen MR) is 124 cm³/mol. The van der Waals surface area contributed by atoms with Gasteiger partial charge in [0.05, 0.1) is 12.8 Å². The third-order valence-electron chi connectivity index (χ3n) is 5.27. The highest BCUT2D eigenvalue weighted by Gasteiger charge is 2.27. The number of ether oxygens (including phenoxy) is 1. The third-order valence-corrected chi connectivity index (χ3v) is 5.27. The first kappa shape index (κ1) is 23.4. The van der Waals surface area contributed by atoms with Crippen LogP contribution in [0.15, 0.2) is 37.3 Å². The normalized spacial score (nSPS) is 12.5. The van der Waals surface area contributed by atoms with Crippen LogP contribution in [-0.2, 0) is 16.0 Å². The number of aromatic amines is 1. The number of rotatable bonds is 9. The van der Waals surface area contributed by atoms with Crippen LogP contribution in [0, 0.1) is 11.2 Å². The lowest BCUT2D eigenvalue weighted by Crippen LogP contribution is -2.35. The summed E-state index contributed by atoms with van der Waals surface area (Å²) in [6.45, 7) is 12.3. The van der Waals surface area contributed by atoms with E-state index in [0.717, 1.165) is 5.56 Å². The van der Waals surface area contributed by atoms with Gasteiger partial charge in [-0.15, -0.1) is 6.58 Å². The fourth-order valence-electron chi connectivity index (χ4n) is 3.51. The van der Waals surface area contributed by atoms with Crippen LogP contribution in [-0.4, -0.2) is 38.6 Å². The van der Waals surface area contributed by atoms with Gasteiger partial charge in [0.15, 0.2) is 5.82 Å². The summed E-state index contributed by atoms with van der Waals surface area (Å²) in [5.41, 5.74) is 1.98. The Hall–Kier alpha value is -3.29. The Morgan fingerprint density at radius 2 is 2.12 bits per heavy atom. The van der Waals surface area contributed by atoms with Gasteiger partial charge in [-0.1, -0.05) is 26.8 Å². The van der Waals surface area contributed by atoms with Gasteiger partial charge in [-0.05, 0) is 31.2 Å². The van der Waals surface area contributed by atoms with Gasteiger partial charge in [0.1, 0.15) is 17.3 Å². The molecule has 1 atom stereocenters. The molecule has 8 heteroatoms. The number of H-pyrrole nitrogens is 1. The minimum atomic E-state index is -0.424. The first-order valence-corrected chi connectivity index (χ1v) is 10.7. The van der Waals surface area contributed by atoms with E-state index < -0.39 is 5.82 Å². The standard InChI is InChI=1S/C24H30FN5O2/c1-6-8-15-12-26-23(18-14-28-22-17(18)11-16(25)13-27-22)30-21(15)29-19(24(3,4)5)9-10-20(31)32-7-2/h6,11-14,19H,1,7-10H2,2-5H3,(H,27,28)(H,26,29,30). The Kier molecular flexibility index (Phi) is 7.22. The van der Waals surface area contributed by atoms with Gasteiger partial charge in [0.2, 0.25) is 0 Å². The van der Waals surface area contributed by atoms with Crippen molar-refractivity contribution < 1.29 is 13.9 Å². The smallest absolute Gasteiger partial charge is 0.305 e. The van der Waals surface area contributed by atoms with Crippen LogP contribution in [0.3, 0.4) is 0 Å². The summed E-state index contributed by atoms with van der Waals surface area (Å²) in [6.07, 6.45) is 7.93. The van der Waals surface area contributed by atoms with Gasteiger partial charge < -0.3 is 15.0 Å². The first-order chi connectivity index (χ1) is 15.2. The van der Waals surface area contributed by atoms with Gasteiger partial charge in [-0.3, -0.25) is 4.79 Å². The van der Waals surface area contributed by atoms with Crippen molar-refractivity contribution in [3.05, 3.63) is 48.7 Å². The number of hydrogen-bond acceptors (Lipinski definition) is 6. The second-order valence-corrected chi connectivity index (χ2v) is 8.72. The Morgan fingerprint density at radius 3 is 2.81 bits per heavy atom. The lowest BCUT2D eigenvalue weighted by molar-refractivity contribution is -0.143. The number of anilines is 1. The van der Waals surface area contributed by atoms with Crippen LogP contribution >= 0.6 is 0 Å². The number of hydrogen-bond donors (Lipinski definition) is 2. The van der Waals surface area contributed by atoms with Crippen molar-refractivity contribution >= 4 is 22.8 Å². The van der Waals surface area contributed by atoms with E-state index in [1.165, 1.54) is 12.3 Å². The molecule has 0 radical (unpaired) electrons. The van der Waals surface area contributed by atoms with Gasteiger partial charge in [0.25, 0.3) is 0 Å². The average molecular weight is 440 g/mol. The zero-order valence-corrected chi connectivity index (χ0v) is 19.0. The minimum Gasteiger partial charge on any atom is -0.466 e. The van der Waals surface area contributed by atoms with E-state index >= 15 is 0 Å². The highest BCUT2D eigenvalue weighted by atomic mass is 19.1. The number of carbonyl (C=O) groups is 1. The van der Waals surface area contributed by atoms with Crippen LogP contribution < -0.4 is 5.32 Å². The molecule has 170 valence electrons. The quantitative estimate of drug-likeness (QED) is 0.358. The van der Waals surface area contributed by atoms with Crippen molar-refractivity contribution in [2.24, 2.45) is 5.41 Å². The Bertz CT molecular complexity index is 1100. The average Bonchev–Trinajstić information content (AvgIpc) is 3.14. The van der Waals surface area contributed by atoms with Crippen molar-refractivity contribution in [3.63, 3.8) is 0 Å². The maximum absolute atomic E-state index is 13.8. The molecule has 7 nitrogen and oxygen atoms in total. The summed E-state index contributed by atoms with van der Waals surface area (Å²) in [4.78, 5) is 28.3. The van der Waals surface area contributed by atoms with E-state index in [4.69, 9.17) is 9.72 Å². The minimum absolute atomic E-state index is 0.0414. The highest BCUT2D eigenvalue weighted by Crippen LogP contribution is 2.30. The molecular formula is C24H30FN5O2. The number of aromatic nitrogens is 4. The van der Waals surface area contributed by atoms with Gasteiger partial charge in [-0.25, -0.2) is 19.3 Å². The van der Waals surface area contributed by atoms with Crippen LogP contribution in [0.5, 0.6) is 0 Å². The first-order valence-electron chi connectivity index (χ1n) is 10.7. The number of fused-ring (bicyclic) bond motifs is 1. The van der Waals surface area contributed by atoms with E-state index in [1.54, 1.807) is 25.4 Å². The summed E-state index contributed by atoms with van der Waals surface area (Å²) in [5.74, 6) is 0.479. The molecule has 3 aromatic rings. The SMILES string of the molecule is C=CCc1cnc(-c2c[nH]c3ncc(F)cc23)nc1NC(CCC(=O)OCC)C(C)(C)C. The monoisotopic (exact) mass is 439 g/mol. The number of halogens is 1. The number of carbonyl (C=O) groups excluding carboxylic acids is 1. The lowest BCUT2D eigenvalue weighted by atomic mass is 9.84. The van der Waals surface area contributed by atoms with E-state index in [0.29, 0.717) is 54.1 Å². The van der Waals surface area contributed by atoms with E-state index in [2.05, 4.69) is 47.6 Å². The number of allylic oxidation sites excluding steroid dienone is 1. The maximum Gasteiger partial charge on any atom is 0.305 e. The molecule has 32 heavy (non-hydrogen) atoms. The molecule has 3 aromatic heterocycles. The molecule has 1 unspecified atom stereocenters. The Morgan fingerprint density at radius 1 is 1.34 bits per heavy atom. The molecule has 0 aliphatic rings. The largest absolute Gasteiger partial charge is 0.466 e. The molecule has 0 saturated heterocycles. The van der Waals surface area contributed by atoms with E-state index in [-0.39, 0.29) is 17.4 Å². The van der Waals surface area contributed by atoms with Crippen molar-refractivity contribution in [1.82, 2.24) is 19.9 Å². The second-order valence-electron chi connectivity index (χ2n) is 8.72. The topological polar surface area (TPSA) is 92.8 Å². The Labute approximate surface area is 187 Å². The molecule has 0 spiro atoms. The van der Waals surface area contributed by atoms with Gasteiger partial charge >= 0.3 is 5.97 Å². The number of esters is 1. The van der Waals surface area contributed by atoms with Crippen LogP contribution in [0.25, 0.3) is 22.4 Å². The maximum atomic E-state index is 13.8. The molecule has 0 aromatic carbocycles. The fraction of sp³-hybridized carbons (Fsp3) is 0.417. The van der Waals surface area contributed by atoms with Crippen LogP contribution in [0.4, 0.5) is 10.2 Å². The van der Waals surface area contributed by atoms with Crippen molar-refractivity contribution in [2.45, 2.75) is 53.0 Å². The summed E-state index contributed by atoms with van der Waals surface area (Å²) in [7, 11) is 0. The van der Waals surface area contributed by atoms with Crippen molar-refractivity contribution in [3.8, 4) is 11.4 Å². The lowest BCUT2D eigenvalue weighted by Gasteiger charge is -2.32. The van der Waals surface area contributed by atoms with Crippen LogP contribution in [0.2, 0.25) is 0 Å². The highest BCUT2D eigenvalue weighted by molar-refractivity contribution is 5.91. The molecule has 0 amide bonds. The zero-order chi connectivity index (χ0) is 23.3. The van der Waals surface area contributed by atoms with Crippen LogP contribution in [0.1, 0.15) is 46.1 Å². The summed E-state index contributed by atoms with van der Waals surface area (Å²) in [6, 6.07) is 1.37. The number of nitrogens with zero attached hydrogens (tertiary/aromatic N) is 3. The molecule has 0 aliphatic carbocycles. The van der Waals surface area contributed by atoms with Gasteiger partial charge in [-0.2, -0.15) is 0 Å². The predicted octanol–water partition coefficient (Wildman–Crippen LogP) is 5.06. The molecule has 3 heterocycles. The Balaban J connectivity index is 1.96. The van der Waals surface area contributed by atoms with Crippen molar-refractivity contribution in [2.75, 3.05) is 11.9 Å². The van der Waals surface area contributed by atoms with Gasteiger partial charge in [0, 0.05) is 41.4 Å². The number of pyridine rings is 1. The summed E-state index contributed by atoms with van der Waals surface area (Å²) >= 11 is 0. The third kappa shape index (κ3) is 5.49. The molecular weight excluding hydrogens is 409 g/mol. The zero-order valence-electron chi connectivity index (χ0n) is 19.0. The molecule has 0 saturated carbocycles. The fourth-order valence-corrected chi connectivity index (χ4v) is 3.51. The molecule has 0 fully saturated rings. The summed E-state index contributed by atoms with van der Waals surface area (Å²) in [5, 5.41) is 4.14. The van der Waals surface area contributed by atoms with Crippen molar-refractivity contribution in [1.29, 1.82) is 0 Å². The second kappa shape index (κ2) is 9.89. The molecule has 0 bridgehead atoms.